The second kappa shape index (κ2) is 8.11. The predicted molar refractivity (Wildman–Crippen MR) is 122 cm³/mol. The molecule has 0 unspecified atom stereocenters. The molecule has 1 aromatic heterocycles. The molecule has 1 saturated heterocycles. The molecule has 1 aliphatic heterocycles. The zero-order valence-corrected chi connectivity index (χ0v) is 17.8. The Bertz CT molecular complexity index is 994. The SMILES string of the molecule is CCN(c1cc(C)cc(Nc2ncn(-c3ccccc3)n2)c1)[C@H]1CCN(C2CC2)C1. The van der Waals surface area contributed by atoms with Gasteiger partial charge in [0, 0.05) is 43.1 Å². The second-order valence-corrected chi connectivity index (χ2v) is 8.49. The Morgan fingerprint density at radius 3 is 2.70 bits per heavy atom. The molecule has 2 fully saturated rings. The van der Waals surface area contributed by atoms with Crippen LogP contribution in [-0.4, -0.2) is 51.4 Å². The van der Waals surface area contributed by atoms with Crippen LogP contribution in [0, 0.1) is 6.92 Å². The number of likely N-dealkylation sites (N-methyl/N-ethyl adjacent to an activating group) is 1. The molecule has 1 atom stereocenters. The zero-order valence-electron chi connectivity index (χ0n) is 17.8. The number of nitrogens with zero attached hydrogens (tertiary/aromatic N) is 5. The van der Waals surface area contributed by atoms with E-state index < -0.39 is 0 Å². The number of rotatable bonds is 7. The van der Waals surface area contributed by atoms with Gasteiger partial charge < -0.3 is 10.2 Å². The number of hydrogen-bond acceptors (Lipinski definition) is 5. The lowest BCUT2D eigenvalue weighted by Gasteiger charge is -2.31. The van der Waals surface area contributed by atoms with Crippen molar-refractivity contribution in [1.29, 1.82) is 0 Å². The lowest BCUT2D eigenvalue weighted by molar-refractivity contribution is 0.322. The number of nitrogens with one attached hydrogen (secondary N) is 1. The van der Waals surface area contributed by atoms with E-state index in [4.69, 9.17) is 0 Å². The van der Waals surface area contributed by atoms with Crippen molar-refractivity contribution < 1.29 is 0 Å². The van der Waals surface area contributed by atoms with Crippen LogP contribution in [0.25, 0.3) is 5.69 Å². The Hall–Kier alpha value is -2.86. The van der Waals surface area contributed by atoms with Crippen molar-refractivity contribution in [2.45, 2.75) is 45.2 Å². The monoisotopic (exact) mass is 402 g/mol. The van der Waals surface area contributed by atoms with E-state index in [1.165, 1.54) is 43.6 Å². The summed E-state index contributed by atoms with van der Waals surface area (Å²) in [5, 5.41) is 7.99. The van der Waals surface area contributed by atoms with Gasteiger partial charge in [-0.15, -0.1) is 5.10 Å². The third kappa shape index (κ3) is 4.05. The van der Waals surface area contributed by atoms with E-state index in [9.17, 15) is 0 Å². The van der Waals surface area contributed by atoms with Gasteiger partial charge in [-0.25, -0.2) is 4.68 Å². The third-order valence-corrected chi connectivity index (χ3v) is 6.20. The number of likely N-dealkylation sites (tertiary alicyclic amines) is 1. The summed E-state index contributed by atoms with van der Waals surface area (Å²) >= 11 is 0. The Morgan fingerprint density at radius 2 is 1.93 bits per heavy atom. The van der Waals surface area contributed by atoms with E-state index in [0.29, 0.717) is 12.0 Å². The summed E-state index contributed by atoms with van der Waals surface area (Å²) in [5.41, 5.74) is 4.56. The van der Waals surface area contributed by atoms with Crippen molar-refractivity contribution in [3.05, 3.63) is 60.4 Å². The lowest BCUT2D eigenvalue weighted by atomic mass is 10.1. The molecule has 3 aromatic rings. The highest BCUT2D eigenvalue weighted by atomic mass is 15.4. The fourth-order valence-corrected chi connectivity index (χ4v) is 4.60. The van der Waals surface area contributed by atoms with Crippen molar-refractivity contribution in [1.82, 2.24) is 19.7 Å². The molecular weight excluding hydrogens is 372 g/mol. The number of benzene rings is 2. The van der Waals surface area contributed by atoms with Crippen LogP contribution in [0.15, 0.2) is 54.9 Å². The first-order chi connectivity index (χ1) is 14.7. The lowest BCUT2D eigenvalue weighted by Crippen LogP contribution is -2.38. The van der Waals surface area contributed by atoms with Gasteiger partial charge in [-0.2, -0.15) is 4.98 Å². The largest absolute Gasteiger partial charge is 0.367 e. The molecule has 5 rings (SSSR count). The van der Waals surface area contributed by atoms with Crippen molar-refractivity contribution in [3.8, 4) is 5.69 Å². The molecule has 2 aliphatic rings. The van der Waals surface area contributed by atoms with Gasteiger partial charge in [0.15, 0.2) is 0 Å². The smallest absolute Gasteiger partial charge is 0.246 e. The fraction of sp³-hybridized carbons (Fsp3) is 0.417. The van der Waals surface area contributed by atoms with Crippen molar-refractivity contribution >= 4 is 17.3 Å². The number of para-hydroxylation sites is 1. The zero-order chi connectivity index (χ0) is 20.5. The topological polar surface area (TPSA) is 49.2 Å². The Morgan fingerprint density at radius 1 is 1.10 bits per heavy atom. The Kier molecular flexibility index (Phi) is 5.17. The summed E-state index contributed by atoms with van der Waals surface area (Å²) < 4.78 is 1.79. The van der Waals surface area contributed by atoms with Crippen LogP contribution in [0.1, 0.15) is 31.7 Å². The summed E-state index contributed by atoms with van der Waals surface area (Å²) in [6.45, 7) is 7.87. The minimum Gasteiger partial charge on any atom is -0.367 e. The third-order valence-electron chi connectivity index (χ3n) is 6.20. The van der Waals surface area contributed by atoms with Crippen molar-refractivity contribution in [3.63, 3.8) is 0 Å². The molecule has 2 aromatic carbocycles. The van der Waals surface area contributed by atoms with Crippen LogP contribution < -0.4 is 10.2 Å². The van der Waals surface area contributed by atoms with Crippen molar-refractivity contribution in [2.24, 2.45) is 0 Å². The van der Waals surface area contributed by atoms with Gasteiger partial charge in [0.1, 0.15) is 6.33 Å². The van der Waals surface area contributed by atoms with Gasteiger partial charge >= 0.3 is 0 Å². The number of aryl methyl sites for hydroxylation is 1. The highest BCUT2D eigenvalue weighted by molar-refractivity contribution is 5.64. The van der Waals surface area contributed by atoms with E-state index in [1.54, 1.807) is 11.0 Å². The molecule has 2 heterocycles. The van der Waals surface area contributed by atoms with Crippen LogP contribution in [-0.2, 0) is 0 Å². The number of aromatic nitrogens is 3. The fourth-order valence-electron chi connectivity index (χ4n) is 4.60. The van der Waals surface area contributed by atoms with Gasteiger partial charge in [0.05, 0.1) is 5.69 Å². The quantitative estimate of drug-likeness (QED) is 0.635. The summed E-state index contributed by atoms with van der Waals surface area (Å²) in [4.78, 5) is 9.70. The molecular formula is C24H30N6. The molecule has 1 saturated carbocycles. The number of anilines is 3. The molecule has 156 valence electrons. The van der Waals surface area contributed by atoms with Crippen LogP contribution in [0.5, 0.6) is 0 Å². The van der Waals surface area contributed by atoms with Crippen LogP contribution in [0.2, 0.25) is 0 Å². The maximum Gasteiger partial charge on any atom is 0.246 e. The van der Waals surface area contributed by atoms with Crippen molar-refractivity contribution in [2.75, 3.05) is 29.9 Å². The second-order valence-electron chi connectivity index (χ2n) is 8.49. The molecule has 6 nitrogen and oxygen atoms in total. The minimum atomic E-state index is 0.598. The van der Waals surface area contributed by atoms with Gasteiger partial charge in [-0.3, -0.25) is 4.90 Å². The maximum atomic E-state index is 4.59. The molecule has 1 N–H and O–H groups in total. The average molecular weight is 403 g/mol. The van der Waals surface area contributed by atoms with E-state index in [2.05, 4.69) is 57.2 Å². The van der Waals surface area contributed by atoms with E-state index in [0.717, 1.165) is 24.0 Å². The van der Waals surface area contributed by atoms with E-state index in [-0.39, 0.29) is 0 Å². The molecule has 0 spiro atoms. The maximum absolute atomic E-state index is 4.59. The highest BCUT2D eigenvalue weighted by Crippen LogP contribution is 2.33. The predicted octanol–water partition coefficient (Wildman–Crippen LogP) is 4.38. The van der Waals surface area contributed by atoms with Gasteiger partial charge in [-0.05, 0) is 69.0 Å². The standard InChI is InChI=1S/C24H30N6/c1-3-29(22-11-12-28(16-22)20-9-10-20)23-14-18(2)13-19(15-23)26-24-25-17-30(27-24)21-7-5-4-6-8-21/h4-8,13-15,17,20,22H,3,9-12,16H2,1-2H3,(H,26,27)/t22-/m0/s1. The first-order valence-corrected chi connectivity index (χ1v) is 11.1. The van der Waals surface area contributed by atoms with Gasteiger partial charge in [-0.1, -0.05) is 18.2 Å². The molecule has 0 amide bonds. The van der Waals surface area contributed by atoms with Crippen LogP contribution in [0.4, 0.5) is 17.3 Å². The molecule has 0 bridgehead atoms. The van der Waals surface area contributed by atoms with E-state index >= 15 is 0 Å². The Labute approximate surface area is 178 Å². The van der Waals surface area contributed by atoms with E-state index in [1.807, 2.05) is 30.3 Å². The van der Waals surface area contributed by atoms with Gasteiger partial charge in [0.2, 0.25) is 5.95 Å². The van der Waals surface area contributed by atoms with Gasteiger partial charge in [0.25, 0.3) is 0 Å². The summed E-state index contributed by atoms with van der Waals surface area (Å²) in [7, 11) is 0. The Balaban J connectivity index is 1.34. The highest BCUT2D eigenvalue weighted by Gasteiger charge is 2.36. The summed E-state index contributed by atoms with van der Waals surface area (Å²) in [6.07, 6.45) is 5.78. The first-order valence-electron chi connectivity index (χ1n) is 11.1. The molecule has 6 heteroatoms. The molecule has 1 aliphatic carbocycles. The molecule has 0 radical (unpaired) electrons. The number of hydrogen-bond donors (Lipinski definition) is 1. The summed E-state index contributed by atoms with van der Waals surface area (Å²) in [5.74, 6) is 0.610. The average Bonchev–Trinajstić information content (AvgIpc) is 3.30. The first kappa shape index (κ1) is 19.1. The van der Waals surface area contributed by atoms with Crippen LogP contribution in [0.3, 0.4) is 0 Å². The minimum absolute atomic E-state index is 0.598. The van der Waals surface area contributed by atoms with Crippen LogP contribution >= 0.6 is 0 Å². The summed E-state index contributed by atoms with van der Waals surface area (Å²) in [6, 6.07) is 18.2. The molecule has 30 heavy (non-hydrogen) atoms. The normalized spacial score (nSPS) is 19.2.